The Morgan fingerprint density at radius 3 is 3.05 bits per heavy atom. The van der Waals surface area contributed by atoms with Crippen LogP contribution >= 0.6 is 11.3 Å². The Kier molecular flexibility index (Phi) is 3.31. The first-order valence-electron chi connectivity index (χ1n) is 6.24. The molecule has 0 saturated carbocycles. The van der Waals surface area contributed by atoms with E-state index in [-0.39, 0.29) is 6.04 Å². The van der Waals surface area contributed by atoms with Gasteiger partial charge in [0.1, 0.15) is 0 Å². The third kappa shape index (κ3) is 2.52. The Bertz CT molecular complexity index is 685. The number of aryl methyl sites for hydroxylation is 1. The maximum absolute atomic E-state index is 4.51. The van der Waals surface area contributed by atoms with Crippen LogP contribution in [0.1, 0.15) is 17.2 Å². The minimum atomic E-state index is 0.267. The van der Waals surface area contributed by atoms with Crippen LogP contribution in [0, 0.1) is 0 Å². The number of nitrogens with zero attached hydrogens (tertiary/aromatic N) is 3. The summed E-state index contributed by atoms with van der Waals surface area (Å²) < 4.78 is 3.08. The quantitative estimate of drug-likeness (QED) is 0.793. The highest BCUT2D eigenvalue weighted by Crippen LogP contribution is 2.24. The predicted molar refractivity (Wildman–Crippen MR) is 78.3 cm³/mol. The zero-order valence-corrected chi connectivity index (χ0v) is 11.8. The van der Waals surface area contributed by atoms with Gasteiger partial charge in [0, 0.05) is 25.5 Å². The number of aromatic nitrogens is 3. The summed E-state index contributed by atoms with van der Waals surface area (Å²) in [5.74, 6) is 0. The average molecular weight is 272 g/mol. The van der Waals surface area contributed by atoms with E-state index in [0.717, 1.165) is 11.9 Å². The molecule has 3 aromatic rings. The molecule has 3 rings (SSSR count). The maximum atomic E-state index is 4.51. The summed E-state index contributed by atoms with van der Waals surface area (Å²) in [6.07, 6.45) is 6.86. The smallest absolute Gasteiger partial charge is 0.0809 e. The van der Waals surface area contributed by atoms with Crippen molar-refractivity contribution < 1.29 is 0 Å². The van der Waals surface area contributed by atoms with Crippen LogP contribution in [-0.4, -0.2) is 21.8 Å². The normalized spacial score (nSPS) is 12.9. The average Bonchev–Trinajstić information content (AvgIpc) is 3.03. The predicted octanol–water partition coefficient (Wildman–Crippen LogP) is 2.53. The summed E-state index contributed by atoms with van der Waals surface area (Å²) in [6, 6.07) is 4.55. The van der Waals surface area contributed by atoms with Gasteiger partial charge in [-0.25, -0.2) is 0 Å². The number of pyridine rings is 1. The number of hydrogen-bond donors (Lipinski definition) is 1. The molecular weight excluding hydrogens is 256 g/mol. The van der Waals surface area contributed by atoms with Crippen LogP contribution in [0.5, 0.6) is 0 Å². The third-order valence-electron chi connectivity index (χ3n) is 3.27. The van der Waals surface area contributed by atoms with E-state index >= 15 is 0 Å². The summed E-state index contributed by atoms with van der Waals surface area (Å²) in [4.78, 5) is 4.51. The van der Waals surface area contributed by atoms with Crippen LogP contribution < -0.4 is 5.32 Å². The van der Waals surface area contributed by atoms with Crippen LogP contribution in [0.25, 0.3) is 10.2 Å². The summed E-state index contributed by atoms with van der Waals surface area (Å²) in [7, 11) is 3.93. The molecule has 98 valence electrons. The van der Waals surface area contributed by atoms with Gasteiger partial charge >= 0.3 is 0 Å². The van der Waals surface area contributed by atoms with Crippen molar-refractivity contribution in [3.63, 3.8) is 0 Å². The summed E-state index contributed by atoms with van der Waals surface area (Å²) in [5.41, 5.74) is 3.53. The Labute approximate surface area is 116 Å². The van der Waals surface area contributed by atoms with E-state index < -0.39 is 0 Å². The molecule has 0 aromatic carbocycles. The van der Waals surface area contributed by atoms with Gasteiger partial charge in [0.15, 0.2) is 0 Å². The molecule has 0 aliphatic carbocycles. The molecule has 0 spiro atoms. The van der Waals surface area contributed by atoms with Gasteiger partial charge in [0.25, 0.3) is 0 Å². The van der Waals surface area contributed by atoms with E-state index in [1.807, 2.05) is 31.2 Å². The van der Waals surface area contributed by atoms with Gasteiger partial charge in [-0.05, 0) is 42.1 Å². The van der Waals surface area contributed by atoms with Crippen molar-refractivity contribution in [1.82, 2.24) is 20.1 Å². The highest BCUT2D eigenvalue weighted by atomic mass is 32.1. The van der Waals surface area contributed by atoms with Crippen molar-refractivity contribution in [2.45, 2.75) is 12.5 Å². The van der Waals surface area contributed by atoms with Gasteiger partial charge < -0.3 is 5.32 Å². The number of rotatable bonds is 4. The van der Waals surface area contributed by atoms with Crippen LogP contribution in [0.2, 0.25) is 0 Å². The molecule has 0 fully saturated rings. The number of nitrogens with one attached hydrogen (secondary N) is 1. The van der Waals surface area contributed by atoms with Gasteiger partial charge in [0.05, 0.1) is 16.4 Å². The van der Waals surface area contributed by atoms with Crippen molar-refractivity contribution in [3.8, 4) is 0 Å². The fraction of sp³-hybridized carbons (Fsp3) is 0.286. The molecule has 1 N–H and O–H groups in total. The Morgan fingerprint density at radius 2 is 2.32 bits per heavy atom. The maximum Gasteiger partial charge on any atom is 0.0809 e. The first kappa shape index (κ1) is 12.3. The molecule has 3 heterocycles. The molecule has 0 aliphatic heterocycles. The molecule has 19 heavy (non-hydrogen) atoms. The van der Waals surface area contributed by atoms with Crippen LogP contribution in [0.15, 0.2) is 36.1 Å². The van der Waals surface area contributed by atoms with E-state index in [2.05, 4.69) is 39.1 Å². The van der Waals surface area contributed by atoms with E-state index in [1.165, 1.54) is 15.8 Å². The minimum absolute atomic E-state index is 0.267. The molecule has 1 unspecified atom stereocenters. The third-order valence-corrected chi connectivity index (χ3v) is 4.13. The van der Waals surface area contributed by atoms with Crippen molar-refractivity contribution >= 4 is 21.6 Å². The molecule has 0 saturated heterocycles. The lowest BCUT2D eigenvalue weighted by Gasteiger charge is -2.15. The Morgan fingerprint density at radius 1 is 1.42 bits per heavy atom. The van der Waals surface area contributed by atoms with Crippen molar-refractivity contribution in [3.05, 3.63) is 47.2 Å². The number of fused-ring (bicyclic) bond motifs is 1. The molecule has 0 amide bonds. The zero-order chi connectivity index (χ0) is 13.2. The first-order valence-corrected chi connectivity index (χ1v) is 7.12. The molecule has 5 heteroatoms. The molecule has 4 nitrogen and oxygen atoms in total. The fourth-order valence-electron chi connectivity index (χ4n) is 2.25. The van der Waals surface area contributed by atoms with Crippen LogP contribution in [-0.2, 0) is 13.5 Å². The Balaban J connectivity index is 1.88. The second kappa shape index (κ2) is 5.11. The minimum Gasteiger partial charge on any atom is -0.313 e. The molecule has 0 radical (unpaired) electrons. The Hall–Kier alpha value is -1.72. The second-order valence-corrected chi connectivity index (χ2v) is 5.59. The summed E-state index contributed by atoms with van der Waals surface area (Å²) in [5, 5.41) is 9.66. The molecule has 1 atom stereocenters. The monoisotopic (exact) mass is 272 g/mol. The van der Waals surface area contributed by atoms with E-state index in [9.17, 15) is 0 Å². The molecule has 0 aliphatic rings. The largest absolute Gasteiger partial charge is 0.313 e. The topological polar surface area (TPSA) is 42.7 Å². The molecular formula is C14H16N4S. The lowest BCUT2D eigenvalue weighted by molar-refractivity contribution is 0.590. The standard InChI is InChI=1S/C14H16N4S/c1-15-13(5-10-7-17-18(2)9-10)11-6-14-12(16-8-11)3-4-19-14/h3-4,6-9,13,15H,5H2,1-2H3. The second-order valence-electron chi connectivity index (χ2n) is 4.64. The van der Waals surface area contributed by atoms with Gasteiger partial charge in [-0.2, -0.15) is 5.10 Å². The lowest BCUT2D eigenvalue weighted by atomic mass is 10.0. The van der Waals surface area contributed by atoms with E-state index in [0.29, 0.717) is 0 Å². The van der Waals surface area contributed by atoms with Gasteiger partial charge in [-0.15, -0.1) is 11.3 Å². The van der Waals surface area contributed by atoms with Crippen LogP contribution in [0.3, 0.4) is 0 Å². The van der Waals surface area contributed by atoms with Gasteiger partial charge in [-0.1, -0.05) is 0 Å². The highest BCUT2D eigenvalue weighted by molar-refractivity contribution is 7.17. The van der Waals surface area contributed by atoms with Crippen LogP contribution in [0.4, 0.5) is 0 Å². The SMILES string of the molecule is CNC(Cc1cnn(C)c1)c1cnc2ccsc2c1. The molecule has 3 aromatic heterocycles. The van der Waals surface area contributed by atoms with Gasteiger partial charge in [-0.3, -0.25) is 9.67 Å². The number of likely N-dealkylation sites (N-methyl/N-ethyl adjacent to an activating group) is 1. The number of thiophene rings is 1. The van der Waals surface area contributed by atoms with Gasteiger partial charge in [0.2, 0.25) is 0 Å². The van der Waals surface area contributed by atoms with E-state index in [4.69, 9.17) is 0 Å². The zero-order valence-electron chi connectivity index (χ0n) is 11.0. The first-order chi connectivity index (χ1) is 9.26. The highest BCUT2D eigenvalue weighted by Gasteiger charge is 2.12. The van der Waals surface area contributed by atoms with Crippen molar-refractivity contribution in [2.24, 2.45) is 7.05 Å². The molecule has 0 bridgehead atoms. The fourth-order valence-corrected chi connectivity index (χ4v) is 3.04. The summed E-state index contributed by atoms with van der Waals surface area (Å²) in [6.45, 7) is 0. The van der Waals surface area contributed by atoms with Crippen molar-refractivity contribution in [1.29, 1.82) is 0 Å². The van der Waals surface area contributed by atoms with Crippen molar-refractivity contribution in [2.75, 3.05) is 7.05 Å². The summed E-state index contributed by atoms with van der Waals surface area (Å²) >= 11 is 1.73. The lowest BCUT2D eigenvalue weighted by Crippen LogP contribution is -2.18. The number of hydrogen-bond acceptors (Lipinski definition) is 4. The van der Waals surface area contributed by atoms with E-state index in [1.54, 1.807) is 11.3 Å².